The summed E-state index contributed by atoms with van der Waals surface area (Å²) in [5.74, 6) is -0.235. The molecule has 2 amide bonds. The second-order valence-electron chi connectivity index (χ2n) is 6.80. The Labute approximate surface area is 154 Å². The molecule has 0 atom stereocenters. The lowest BCUT2D eigenvalue weighted by atomic mass is 10.1. The maximum Gasteiger partial charge on any atom is 0.317 e. The highest BCUT2D eigenvalue weighted by atomic mass is 19.1. The number of aryl methyl sites for hydroxylation is 1. The second kappa shape index (κ2) is 8.81. The first-order valence-electron chi connectivity index (χ1n) is 9.16. The van der Waals surface area contributed by atoms with Gasteiger partial charge in [0.05, 0.1) is 0 Å². The van der Waals surface area contributed by atoms with Crippen LogP contribution in [0.15, 0.2) is 48.5 Å². The molecule has 1 aliphatic heterocycles. The van der Waals surface area contributed by atoms with Gasteiger partial charge in [0, 0.05) is 39.3 Å². The molecular formula is C21H26FN3O. The molecule has 0 bridgehead atoms. The zero-order valence-electron chi connectivity index (χ0n) is 15.2. The van der Waals surface area contributed by atoms with Gasteiger partial charge >= 0.3 is 6.03 Å². The third-order valence-corrected chi connectivity index (χ3v) is 4.92. The number of carbonyl (C=O) groups is 1. The monoisotopic (exact) mass is 355 g/mol. The molecule has 3 rings (SSSR count). The molecule has 2 aromatic carbocycles. The molecule has 1 N–H and O–H groups in total. The lowest BCUT2D eigenvalue weighted by Gasteiger charge is -2.35. The summed E-state index contributed by atoms with van der Waals surface area (Å²) >= 11 is 0. The van der Waals surface area contributed by atoms with Gasteiger partial charge in [-0.05, 0) is 42.2 Å². The van der Waals surface area contributed by atoms with Gasteiger partial charge in [0.2, 0.25) is 0 Å². The fourth-order valence-corrected chi connectivity index (χ4v) is 3.21. The van der Waals surface area contributed by atoms with Crippen molar-refractivity contribution in [1.82, 2.24) is 15.1 Å². The Balaban J connectivity index is 1.39. The normalized spacial score (nSPS) is 15.1. The van der Waals surface area contributed by atoms with Crippen molar-refractivity contribution in [2.45, 2.75) is 19.9 Å². The van der Waals surface area contributed by atoms with Crippen LogP contribution in [0.5, 0.6) is 0 Å². The van der Waals surface area contributed by atoms with Crippen molar-refractivity contribution < 1.29 is 9.18 Å². The Hall–Kier alpha value is -2.40. The molecule has 0 spiro atoms. The van der Waals surface area contributed by atoms with Gasteiger partial charge in [-0.25, -0.2) is 9.18 Å². The predicted octanol–water partition coefficient (Wildman–Crippen LogP) is 3.20. The molecular weight excluding hydrogens is 329 g/mol. The maximum absolute atomic E-state index is 12.9. The zero-order valence-corrected chi connectivity index (χ0v) is 15.2. The van der Waals surface area contributed by atoms with Crippen molar-refractivity contribution in [3.8, 4) is 0 Å². The third kappa shape index (κ3) is 5.05. The molecule has 5 heteroatoms. The fourth-order valence-electron chi connectivity index (χ4n) is 3.21. The topological polar surface area (TPSA) is 35.6 Å². The molecule has 0 aromatic heterocycles. The minimum Gasteiger partial charge on any atom is -0.338 e. The van der Waals surface area contributed by atoms with Crippen molar-refractivity contribution in [2.24, 2.45) is 0 Å². The van der Waals surface area contributed by atoms with E-state index in [1.54, 1.807) is 12.1 Å². The summed E-state index contributed by atoms with van der Waals surface area (Å²) in [6, 6.07) is 14.8. The van der Waals surface area contributed by atoms with E-state index in [9.17, 15) is 9.18 Å². The number of halogens is 1. The third-order valence-electron chi connectivity index (χ3n) is 4.92. The summed E-state index contributed by atoms with van der Waals surface area (Å²) < 4.78 is 12.9. The van der Waals surface area contributed by atoms with E-state index < -0.39 is 0 Å². The highest BCUT2D eigenvalue weighted by Crippen LogP contribution is 2.12. The maximum atomic E-state index is 12.9. The number of carbonyl (C=O) groups excluding carboxylic acids is 1. The van der Waals surface area contributed by atoms with Gasteiger partial charge in [-0.2, -0.15) is 0 Å². The Morgan fingerprint density at radius 3 is 2.42 bits per heavy atom. The molecule has 0 radical (unpaired) electrons. The molecule has 1 saturated heterocycles. The Morgan fingerprint density at radius 1 is 1.04 bits per heavy atom. The molecule has 1 aliphatic rings. The van der Waals surface area contributed by atoms with Crippen LogP contribution in [0.3, 0.4) is 0 Å². The number of rotatable bonds is 5. The lowest BCUT2D eigenvalue weighted by molar-refractivity contribution is 0.135. The van der Waals surface area contributed by atoms with Gasteiger partial charge in [-0.15, -0.1) is 0 Å². The number of nitrogens with zero attached hydrogens (tertiary/aromatic N) is 2. The average molecular weight is 355 g/mol. The summed E-state index contributed by atoms with van der Waals surface area (Å²) in [7, 11) is 0. The van der Waals surface area contributed by atoms with E-state index >= 15 is 0 Å². The van der Waals surface area contributed by atoms with E-state index in [1.165, 1.54) is 23.3 Å². The van der Waals surface area contributed by atoms with Crippen molar-refractivity contribution in [1.29, 1.82) is 0 Å². The van der Waals surface area contributed by atoms with Crippen LogP contribution >= 0.6 is 0 Å². The van der Waals surface area contributed by atoms with Gasteiger partial charge in [0.1, 0.15) is 5.82 Å². The highest BCUT2D eigenvalue weighted by molar-refractivity contribution is 5.74. The van der Waals surface area contributed by atoms with Gasteiger partial charge in [0.25, 0.3) is 0 Å². The molecule has 2 aromatic rings. The van der Waals surface area contributed by atoms with Crippen molar-refractivity contribution in [3.63, 3.8) is 0 Å². The number of hydrogen-bond donors (Lipinski definition) is 1. The number of amides is 2. The summed E-state index contributed by atoms with van der Waals surface area (Å²) in [4.78, 5) is 16.6. The number of urea groups is 1. The number of nitrogens with one attached hydrogen (secondary N) is 1. The van der Waals surface area contributed by atoms with Gasteiger partial charge in [0.15, 0.2) is 0 Å². The SMILES string of the molecule is Cc1ccccc1CN1CCN(C(=O)NCCc2ccc(F)cc2)CC1. The van der Waals surface area contributed by atoms with Gasteiger partial charge in [-0.3, -0.25) is 4.90 Å². The first kappa shape index (κ1) is 18.4. The minimum atomic E-state index is -0.235. The first-order valence-corrected chi connectivity index (χ1v) is 9.16. The largest absolute Gasteiger partial charge is 0.338 e. The van der Waals surface area contributed by atoms with E-state index in [0.29, 0.717) is 13.0 Å². The molecule has 1 heterocycles. The van der Waals surface area contributed by atoms with Crippen molar-refractivity contribution in [2.75, 3.05) is 32.7 Å². The molecule has 0 aliphatic carbocycles. The summed E-state index contributed by atoms with van der Waals surface area (Å²) in [5, 5.41) is 2.96. The van der Waals surface area contributed by atoms with Crippen LogP contribution in [0, 0.1) is 12.7 Å². The highest BCUT2D eigenvalue weighted by Gasteiger charge is 2.21. The average Bonchev–Trinajstić information content (AvgIpc) is 2.66. The van der Waals surface area contributed by atoms with Crippen LogP contribution < -0.4 is 5.32 Å². The van der Waals surface area contributed by atoms with Crippen molar-refractivity contribution >= 4 is 6.03 Å². The smallest absolute Gasteiger partial charge is 0.317 e. The number of benzene rings is 2. The second-order valence-corrected chi connectivity index (χ2v) is 6.80. The number of piperazine rings is 1. The van der Waals surface area contributed by atoms with E-state index in [-0.39, 0.29) is 11.8 Å². The van der Waals surface area contributed by atoms with Crippen LogP contribution in [-0.4, -0.2) is 48.6 Å². The molecule has 0 saturated carbocycles. The molecule has 4 nitrogen and oxygen atoms in total. The van der Waals surface area contributed by atoms with E-state index in [1.807, 2.05) is 4.90 Å². The number of hydrogen-bond acceptors (Lipinski definition) is 2. The summed E-state index contributed by atoms with van der Waals surface area (Å²) in [5.41, 5.74) is 3.69. The summed E-state index contributed by atoms with van der Waals surface area (Å²) in [6.07, 6.45) is 0.708. The molecule has 0 unspecified atom stereocenters. The predicted molar refractivity (Wildman–Crippen MR) is 102 cm³/mol. The van der Waals surface area contributed by atoms with Crippen LogP contribution in [0.4, 0.5) is 9.18 Å². The molecule has 138 valence electrons. The van der Waals surface area contributed by atoms with E-state index in [2.05, 4.69) is 41.4 Å². The van der Waals surface area contributed by atoms with Crippen LogP contribution in [0.1, 0.15) is 16.7 Å². The summed E-state index contributed by atoms with van der Waals surface area (Å²) in [6.45, 7) is 6.91. The van der Waals surface area contributed by atoms with Crippen LogP contribution in [0.25, 0.3) is 0 Å². The lowest BCUT2D eigenvalue weighted by Crippen LogP contribution is -2.51. The zero-order chi connectivity index (χ0) is 18.4. The van der Waals surface area contributed by atoms with E-state index in [0.717, 1.165) is 38.3 Å². The standard InChI is InChI=1S/C21H26FN3O/c1-17-4-2-3-5-19(17)16-24-12-14-25(15-13-24)21(26)23-11-10-18-6-8-20(22)9-7-18/h2-9H,10-16H2,1H3,(H,23,26). The minimum absolute atomic E-state index is 0.0114. The first-order chi connectivity index (χ1) is 12.6. The van der Waals surface area contributed by atoms with Gasteiger partial charge in [-0.1, -0.05) is 36.4 Å². The Kier molecular flexibility index (Phi) is 6.23. The van der Waals surface area contributed by atoms with E-state index in [4.69, 9.17) is 0 Å². The quantitative estimate of drug-likeness (QED) is 0.894. The van der Waals surface area contributed by atoms with Crippen LogP contribution in [0.2, 0.25) is 0 Å². The van der Waals surface area contributed by atoms with Crippen molar-refractivity contribution in [3.05, 3.63) is 71.0 Å². The fraction of sp³-hybridized carbons (Fsp3) is 0.381. The Morgan fingerprint density at radius 2 is 1.73 bits per heavy atom. The van der Waals surface area contributed by atoms with Crippen LogP contribution in [-0.2, 0) is 13.0 Å². The molecule has 1 fully saturated rings. The Bertz CT molecular complexity index is 724. The molecule has 26 heavy (non-hydrogen) atoms. The van der Waals surface area contributed by atoms with Gasteiger partial charge < -0.3 is 10.2 Å².